The number of carbonyl (C=O) groups excluding carboxylic acids is 2. The summed E-state index contributed by atoms with van der Waals surface area (Å²) in [5.41, 5.74) is 0. The fraction of sp³-hybridized carbons (Fsp3) is 0.792. The fourth-order valence-corrected chi connectivity index (χ4v) is 3.45. The van der Waals surface area contributed by atoms with Gasteiger partial charge in [0.25, 0.3) is 0 Å². The summed E-state index contributed by atoms with van der Waals surface area (Å²) >= 11 is 0. The van der Waals surface area contributed by atoms with Gasteiger partial charge in [0.15, 0.2) is 0 Å². The van der Waals surface area contributed by atoms with Crippen molar-refractivity contribution in [1.29, 1.82) is 0 Å². The van der Waals surface area contributed by atoms with E-state index in [4.69, 9.17) is 19.7 Å². The van der Waals surface area contributed by atoms with Crippen molar-refractivity contribution in [2.45, 2.75) is 0 Å². The molecule has 238 valence electrons. The standard InChI is InChI=1S/C24H45N5O12/c1-25(7-11-40-13-9-30)20(32)15-28(18-23(36)37)5-3-27(17-22(34)35)4-6-29(19-24(38)39)16-21(33)26(2)8-12-41-14-10-31/h30-31H,3-19H2,1-2H3,(H,34,35)(H,36,37)(H,38,39). The molecule has 5 N–H and O–H groups in total. The number of aliphatic carboxylic acids is 3. The topological polar surface area (TPSA) is 221 Å². The number of likely N-dealkylation sites (N-methyl/N-ethyl adjacent to an activating group) is 2. The Kier molecular flexibility index (Phi) is 21.1. The smallest absolute Gasteiger partial charge is 0.317 e. The molecular formula is C24H45N5O12. The molecule has 0 heterocycles. The molecule has 0 aliphatic heterocycles. The molecule has 0 aliphatic rings. The second-order valence-electron chi connectivity index (χ2n) is 9.18. The number of carboxylic acids is 3. The van der Waals surface area contributed by atoms with Gasteiger partial charge in [0.1, 0.15) is 0 Å². The third-order valence-corrected chi connectivity index (χ3v) is 5.72. The molecule has 0 saturated heterocycles. The van der Waals surface area contributed by atoms with Gasteiger partial charge < -0.3 is 44.8 Å². The van der Waals surface area contributed by atoms with Crippen LogP contribution >= 0.6 is 0 Å². The summed E-state index contributed by atoms with van der Waals surface area (Å²) in [4.78, 5) is 66.2. The van der Waals surface area contributed by atoms with E-state index in [1.54, 1.807) is 0 Å². The highest BCUT2D eigenvalue weighted by molar-refractivity contribution is 5.79. The minimum atomic E-state index is -1.17. The van der Waals surface area contributed by atoms with Crippen LogP contribution in [0.15, 0.2) is 0 Å². The largest absolute Gasteiger partial charge is 0.480 e. The summed E-state index contributed by atoms with van der Waals surface area (Å²) in [6, 6.07) is 0. The van der Waals surface area contributed by atoms with Gasteiger partial charge in [-0.3, -0.25) is 38.7 Å². The summed E-state index contributed by atoms with van der Waals surface area (Å²) in [6.07, 6.45) is 0. The number of amides is 2. The van der Waals surface area contributed by atoms with Gasteiger partial charge in [0.05, 0.1) is 72.4 Å². The molecule has 0 unspecified atom stereocenters. The van der Waals surface area contributed by atoms with Gasteiger partial charge in [-0.05, 0) is 0 Å². The normalized spacial score (nSPS) is 11.3. The van der Waals surface area contributed by atoms with Crippen LogP contribution in [0.1, 0.15) is 0 Å². The maximum absolute atomic E-state index is 12.6. The summed E-state index contributed by atoms with van der Waals surface area (Å²) in [5, 5.41) is 45.4. The van der Waals surface area contributed by atoms with E-state index in [2.05, 4.69) is 0 Å². The molecule has 0 atom stereocenters. The maximum Gasteiger partial charge on any atom is 0.317 e. The third-order valence-electron chi connectivity index (χ3n) is 5.72. The molecule has 17 heteroatoms. The molecule has 0 aliphatic carbocycles. The number of rotatable bonds is 26. The van der Waals surface area contributed by atoms with Crippen molar-refractivity contribution in [3.05, 3.63) is 0 Å². The summed E-state index contributed by atoms with van der Waals surface area (Å²) in [6.45, 7) is -0.837. The highest BCUT2D eigenvalue weighted by Crippen LogP contribution is 2.00. The number of ether oxygens (including phenoxy) is 2. The van der Waals surface area contributed by atoms with Gasteiger partial charge >= 0.3 is 17.9 Å². The Bertz CT molecular complexity index is 747. The van der Waals surface area contributed by atoms with Gasteiger partial charge in [0, 0.05) is 53.4 Å². The number of aliphatic hydroxyl groups excluding tert-OH is 2. The van der Waals surface area contributed by atoms with Crippen molar-refractivity contribution >= 4 is 29.7 Å². The molecule has 0 radical (unpaired) electrons. The second kappa shape index (κ2) is 22.7. The van der Waals surface area contributed by atoms with Crippen LogP contribution in [0, 0.1) is 0 Å². The highest BCUT2D eigenvalue weighted by atomic mass is 16.5. The van der Waals surface area contributed by atoms with E-state index in [0.29, 0.717) is 0 Å². The average Bonchev–Trinajstić information content (AvgIpc) is 2.89. The van der Waals surface area contributed by atoms with Crippen LogP contribution in [-0.4, -0.2) is 205 Å². The lowest BCUT2D eigenvalue weighted by atomic mass is 10.3. The Morgan fingerprint density at radius 3 is 1.12 bits per heavy atom. The van der Waals surface area contributed by atoms with E-state index in [0.717, 1.165) is 0 Å². The van der Waals surface area contributed by atoms with E-state index in [1.165, 1.54) is 38.6 Å². The molecule has 0 saturated carbocycles. The number of hydrogen-bond acceptors (Lipinski definition) is 12. The van der Waals surface area contributed by atoms with Gasteiger partial charge in [-0.2, -0.15) is 0 Å². The first-order chi connectivity index (χ1) is 19.4. The number of nitrogens with zero attached hydrogens (tertiary/aromatic N) is 5. The lowest BCUT2D eigenvalue weighted by Gasteiger charge is -2.29. The van der Waals surface area contributed by atoms with E-state index in [-0.39, 0.29) is 104 Å². The van der Waals surface area contributed by atoms with Gasteiger partial charge in [-0.25, -0.2) is 0 Å². The zero-order valence-electron chi connectivity index (χ0n) is 23.9. The van der Waals surface area contributed by atoms with Crippen LogP contribution in [-0.2, 0) is 33.4 Å². The van der Waals surface area contributed by atoms with Gasteiger partial charge in [0.2, 0.25) is 11.8 Å². The van der Waals surface area contributed by atoms with Crippen molar-refractivity contribution < 1.29 is 59.0 Å². The van der Waals surface area contributed by atoms with E-state index < -0.39 is 37.5 Å². The molecule has 17 nitrogen and oxygen atoms in total. The van der Waals surface area contributed by atoms with Crippen LogP contribution < -0.4 is 0 Å². The van der Waals surface area contributed by atoms with Crippen molar-refractivity contribution in [3.63, 3.8) is 0 Å². The number of hydrogen-bond donors (Lipinski definition) is 5. The molecule has 0 bridgehead atoms. The Labute approximate surface area is 239 Å². The van der Waals surface area contributed by atoms with Crippen molar-refractivity contribution in [2.75, 3.05) is 126 Å². The van der Waals surface area contributed by atoms with Crippen LogP contribution in [0.5, 0.6) is 0 Å². The molecule has 0 aromatic rings. The second-order valence-corrected chi connectivity index (χ2v) is 9.18. The molecule has 0 aromatic heterocycles. The predicted molar refractivity (Wildman–Crippen MR) is 143 cm³/mol. The number of carbonyl (C=O) groups is 5. The highest BCUT2D eigenvalue weighted by Gasteiger charge is 2.21. The quantitative estimate of drug-likeness (QED) is 0.0603. The SMILES string of the molecule is CN(CCOCCO)C(=O)CN(CCN(CCN(CC(=O)O)CC(=O)N(C)CCOCCO)CC(=O)O)CC(=O)O. The summed E-state index contributed by atoms with van der Waals surface area (Å²) in [5.74, 6) is -4.25. The lowest BCUT2D eigenvalue weighted by Crippen LogP contribution is -2.47. The Balaban J connectivity index is 5.15. The first-order valence-electron chi connectivity index (χ1n) is 13.1. The molecule has 2 amide bonds. The average molecular weight is 596 g/mol. The molecule has 41 heavy (non-hydrogen) atoms. The fourth-order valence-electron chi connectivity index (χ4n) is 3.45. The first-order valence-corrected chi connectivity index (χ1v) is 13.1. The van der Waals surface area contributed by atoms with E-state index in [9.17, 15) is 39.3 Å². The number of aliphatic hydroxyl groups is 2. The van der Waals surface area contributed by atoms with Gasteiger partial charge in [-0.15, -0.1) is 0 Å². The molecule has 0 rings (SSSR count). The van der Waals surface area contributed by atoms with Crippen molar-refractivity contribution in [2.24, 2.45) is 0 Å². The summed E-state index contributed by atoms with van der Waals surface area (Å²) in [7, 11) is 3.05. The molecule has 0 spiro atoms. The Morgan fingerprint density at radius 2 is 0.805 bits per heavy atom. The minimum Gasteiger partial charge on any atom is -0.480 e. The predicted octanol–water partition coefficient (Wildman–Crippen LogP) is -3.92. The number of carboxylic acid groups (broad SMARTS) is 3. The summed E-state index contributed by atoms with van der Waals surface area (Å²) < 4.78 is 10.3. The van der Waals surface area contributed by atoms with Crippen LogP contribution in [0.3, 0.4) is 0 Å². The zero-order chi connectivity index (χ0) is 31.2. The van der Waals surface area contributed by atoms with Crippen LogP contribution in [0.4, 0.5) is 0 Å². The van der Waals surface area contributed by atoms with Crippen molar-refractivity contribution in [1.82, 2.24) is 24.5 Å². The van der Waals surface area contributed by atoms with Crippen LogP contribution in [0.25, 0.3) is 0 Å². The third kappa shape index (κ3) is 20.6. The molecule has 0 fully saturated rings. The zero-order valence-corrected chi connectivity index (χ0v) is 23.9. The lowest BCUT2D eigenvalue weighted by molar-refractivity contribution is -0.141. The minimum absolute atomic E-state index is 0.0363. The van der Waals surface area contributed by atoms with E-state index in [1.807, 2.05) is 0 Å². The Hall–Kier alpha value is -2.93. The molecule has 0 aromatic carbocycles. The van der Waals surface area contributed by atoms with E-state index >= 15 is 0 Å². The first kappa shape index (κ1) is 38.1. The maximum atomic E-state index is 12.6. The van der Waals surface area contributed by atoms with Crippen molar-refractivity contribution in [3.8, 4) is 0 Å². The van der Waals surface area contributed by atoms with Crippen LogP contribution in [0.2, 0.25) is 0 Å². The Morgan fingerprint density at radius 1 is 0.488 bits per heavy atom. The van der Waals surface area contributed by atoms with Gasteiger partial charge in [-0.1, -0.05) is 0 Å². The monoisotopic (exact) mass is 595 g/mol. The molecular weight excluding hydrogens is 550 g/mol.